The van der Waals surface area contributed by atoms with Gasteiger partial charge in [0.25, 0.3) is 0 Å². The summed E-state index contributed by atoms with van der Waals surface area (Å²) in [5.74, 6) is -0.211. The van der Waals surface area contributed by atoms with Crippen molar-refractivity contribution in [3.63, 3.8) is 0 Å². The van der Waals surface area contributed by atoms with Gasteiger partial charge in [-0.1, -0.05) is 0 Å². The zero-order valence-corrected chi connectivity index (χ0v) is 4.43. The molecule has 8 heavy (non-hydrogen) atoms. The van der Waals surface area contributed by atoms with Crippen LogP contribution in [0.1, 0.15) is 13.8 Å². The van der Waals surface area contributed by atoms with E-state index < -0.39 is 0 Å². The van der Waals surface area contributed by atoms with Crippen LogP contribution in [0.15, 0.2) is 0 Å². The van der Waals surface area contributed by atoms with Crippen molar-refractivity contribution in [2.75, 3.05) is 6.61 Å². The van der Waals surface area contributed by atoms with Gasteiger partial charge in [0.05, 0.1) is 6.61 Å². The number of esters is 1. The van der Waals surface area contributed by atoms with E-state index in [2.05, 4.69) is 4.74 Å². The molecule has 0 aliphatic rings. The molecule has 0 radical (unpaired) electrons. The van der Waals surface area contributed by atoms with Crippen molar-refractivity contribution in [3.8, 4) is 0 Å². The Morgan fingerprint density at radius 3 is 2.00 bits per heavy atom. The predicted molar refractivity (Wildman–Crippen MR) is 33.4 cm³/mol. The minimum atomic E-state index is -0.211. The van der Waals surface area contributed by atoms with Crippen molar-refractivity contribution < 1.29 is 14.2 Å². The Morgan fingerprint density at radius 1 is 1.62 bits per heavy atom. The summed E-state index contributed by atoms with van der Waals surface area (Å²) in [6, 6.07) is 0. The number of ether oxygens (including phenoxy) is 1. The third kappa shape index (κ3) is 15.9. The molecule has 0 saturated carbocycles. The normalized spacial score (nSPS) is 5.75. The number of carbonyl (C=O) groups is 1. The van der Waals surface area contributed by atoms with E-state index in [1.807, 2.05) is 0 Å². The molecule has 0 bridgehead atoms. The van der Waals surface area contributed by atoms with Crippen LogP contribution in [0.25, 0.3) is 0 Å². The molecule has 0 saturated heterocycles. The first-order valence-electron chi connectivity index (χ1n) is 1.90. The summed E-state index contributed by atoms with van der Waals surface area (Å²) in [7, 11) is 0. The summed E-state index contributed by atoms with van der Waals surface area (Å²) in [4.78, 5) is 9.82. The molecule has 0 atom stereocenters. The van der Waals surface area contributed by atoms with Gasteiger partial charge in [0.15, 0.2) is 0 Å². The molecule has 0 amide bonds. The van der Waals surface area contributed by atoms with Crippen molar-refractivity contribution in [1.82, 2.24) is 0 Å². The zero-order chi connectivity index (χ0) is 4.99. The number of hydrogen-bond donors (Lipinski definition) is 0. The van der Waals surface area contributed by atoms with Crippen molar-refractivity contribution in [2.24, 2.45) is 0 Å². The summed E-state index contributed by atoms with van der Waals surface area (Å²) < 4.78 is 4.40. The fourth-order valence-corrected chi connectivity index (χ4v) is 0.203. The Balaban J connectivity index is -0.000000125. The number of rotatable bonds is 1. The third-order valence-electron chi connectivity index (χ3n) is 0.348. The molecule has 0 aliphatic carbocycles. The van der Waals surface area contributed by atoms with Crippen LogP contribution in [0, 0.1) is 0 Å². The van der Waals surface area contributed by atoms with Gasteiger partial charge in [-0.05, 0) is 6.92 Å². The first kappa shape index (κ1) is 15.9. The Kier molecular flexibility index (Phi) is 21.0. The molecular weight excluding hydrogens is 139 g/mol. The number of carbonyl (C=O) groups excluding carboxylic acids is 1. The Labute approximate surface area is 78.0 Å². The maximum absolute atomic E-state index is 9.82. The molecule has 0 fully saturated rings. The van der Waals surface area contributed by atoms with E-state index in [9.17, 15) is 4.79 Å². The first-order valence-corrected chi connectivity index (χ1v) is 1.90. The quantitative estimate of drug-likeness (QED) is 0.382. The molecule has 0 aromatic rings. The van der Waals surface area contributed by atoms with Gasteiger partial charge in [-0.25, -0.2) is 0 Å². The molecule has 2 nitrogen and oxygen atoms in total. The van der Waals surface area contributed by atoms with Crippen LogP contribution in [0.2, 0.25) is 0 Å². The molecule has 0 N–H and O–H groups in total. The van der Waals surface area contributed by atoms with Gasteiger partial charge in [0.2, 0.25) is 0 Å². The van der Waals surface area contributed by atoms with Gasteiger partial charge in [-0.3, -0.25) is 9.50 Å². The summed E-state index contributed by atoms with van der Waals surface area (Å²) >= 11 is 0. The van der Waals surface area contributed by atoms with Crippen LogP contribution in [-0.2, 0) is 9.53 Å². The standard InChI is InChI=1S/C4H8O2.Ca.FH.2H/c1-3-6-4(2)5;;;;/h3H2,1-2H3;;1H;;. The van der Waals surface area contributed by atoms with Crippen LogP contribution in [0.5, 0.6) is 0 Å². The van der Waals surface area contributed by atoms with E-state index in [1.54, 1.807) is 6.92 Å². The van der Waals surface area contributed by atoms with Gasteiger partial charge in [-0.2, -0.15) is 0 Å². The van der Waals surface area contributed by atoms with E-state index in [-0.39, 0.29) is 48.4 Å². The van der Waals surface area contributed by atoms with E-state index in [4.69, 9.17) is 0 Å². The van der Waals surface area contributed by atoms with Crippen LogP contribution in [0.3, 0.4) is 0 Å². The summed E-state index contributed by atoms with van der Waals surface area (Å²) in [6.07, 6.45) is 0. The average Bonchev–Trinajstić information content (AvgIpc) is 1.35. The third-order valence-corrected chi connectivity index (χ3v) is 0.348. The second-order valence-corrected chi connectivity index (χ2v) is 0.925. The molecule has 0 unspecified atom stereocenters. The fourth-order valence-electron chi connectivity index (χ4n) is 0.203. The molecule has 0 heterocycles. The number of halogens is 1. The Morgan fingerprint density at radius 2 is 2.00 bits per heavy atom. The van der Waals surface area contributed by atoms with Crippen LogP contribution < -0.4 is 0 Å². The topological polar surface area (TPSA) is 26.3 Å². The summed E-state index contributed by atoms with van der Waals surface area (Å²) in [6.45, 7) is 3.65. The minimum absolute atomic E-state index is 0. The first-order chi connectivity index (χ1) is 2.77. The molecule has 0 aromatic carbocycles. The van der Waals surface area contributed by atoms with Crippen LogP contribution in [-0.4, -0.2) is 50.3 Å². The van der Waals surface area contributed by atoms with Gasteiger partial charge in [0, 0.05) is 6.92 Å². The molecule has 0 rings (SSSR count). The second-order valence-electron chi connectivity index (χ2n) is 0.925. The second kappa shape index (κ2) is 10.6. The summed E-state index contributed by atoms with van der Waals surface area (Å²) in [5, 5.41) is 0. The molecule has 0 aliphatic heterocycles. The van der Waals surface area contributed by atoms with Crippen LogP contribution >= 0.6 is 0 Å². The predicted octanol–water partition coefficient (Wildman–Crippen LogP) is -0.194. The van der Waals surface area contributed by atoms with Crippen molar-refractivity contribution >= 4 is 43.7 Å². The maximum atomic E-state index is 9.82. The Bertz CT molecular complexity index is 58.0. The van der Waals surface area contributed by atoms with E-state index >= 15 is 0 Å². The SMILES string of the molecule is CCOC(C)=O.F.[CaH2]. The molecule has 4 heteroatoms. The molecule has 0 aromatic heterocycles. The van der Waals surface area contributed by atoms with E-state index in [1.165, 1.54) is 6.92 Å². The van der Waals surface area contributed by atoms with Crippen molar-refractivity contribution in [1.29, 1.82) is 0 Å². The van der Waals surface area contributed by atoms with Gasteiger partial charge in [0.1, 0.15) is 0 Å². The number of hydrogen-bond acceptors (Lipinski definition) is 2. The fraction of sp³-hybridized carbons (Fsp3) is 0.750. The zero-order valence-electron chi connectivity index (χ0n) is 4.43. The van der Waals surface area contributed by atoms with E-state index in [0.29, 0.717) is 6.61 Å². The van der Waals surface area contributed by atoms with Crippen molar-refractivity contribution in [2.45, 2.75) is 13.8 Å². The Hall–Kier alpha value is 0.660. The monoisotopic (exact) mass is 150 g/mol. The van der Waals surface area contributed by atoms with Crippen LogP contribution in [0.4, 0.5) is 4.70 Å². The van der Waals surface area contributed by atoms with Gasteiger partial charge >= 0.3 is 43.7 Å². The molecule has 0 spiro atoms. The average molecular weight is 150 g/mol. The van der Waals surface area contributed by atoms with Gasteiger partial charge < -0.3 is 4.74 Å². The van der Waals surface area contributed by atoms with E-state index in [0.717, 1.165) is 0 Å². The molecule has 48 valence electrons. The van der Waals surface area contributed by atoms with Gasteiger partial charge in [-0.15, -0.1) is 0 Å². The molecular formula is C4H11CaFO2. The summed E-state index contributed by atoms with van der Waals surface area (Å²) in [5.41, 5.74) is 0. The van der Waals surface area contributed by atoms with Crippen molar-refractivity contribution in [3.05, 3.63) is 0 Å².